The molecule has 0 unspecified atom stereocenters. The van der Waals surface area contributed by atoms with Crippen molar-refractivity contribution in [3.63, 3.8) is 0 Å². The van der Waals surface area contributed by atoms with Crippen LogP contribution in [0, 0.1) is 23.5 Å². The first kappa shape index (κ1) is 20.3. The number of benzene rings is 1. The van der Waals surface area contributed by atoms with Crippen molar-refractivity contribution in [2.75, 3.05) is 0 Å². The van der Waals surface area contributed by atoms with Crippen molar-refractivity contribution >= 4 is 11.8 Å². The van der Waals surface area contributed by atoms with E-state index in [1.807, 2.05) is 0 Å². The summed E-state index contributed by atoms with van der Waals surface area (Å²) in [6.07, 6.45) is 2.61. The van der Waals surface area contributed by atoms with Gasteiger partial charge >= 0.3 is 0 Å². The lowest BCUT2D eigenvalue weighted by Crippen LogP contribution is -2.58. The summed E-state index contributed by atoms with van der Waals surface area (Å²) in [5.41, 5.74) is -1.48. The first-order valence-corrected chi connectivity index (χ1v) is 10.9. The fourth-order valence-corrected chi connectivity index (χ4v) is 5.74. The van der Waals surface area contributed by atoms with E-state index in [0.717, 1.165) is 18.9 Å². The Hall–Kier alpha value is -3.27. The second-order valence-electron chi connectivity index (χ2n) is 9.29. The summed E-state index contributed by atoms with van der Waals surface area (Å²) in [5.74, 6) is -2.84. The Morgan fingerprint density at radius 1 is 1.24 bits per heavy atom. The molecule has 172 valence electrons. The number of halogens is 2. The minimum atomic E-state index is -0.983. The quantitative estimate of drug-likeness (QED) is 0.734. The number of aromatic hydroxyl groups is 1. The molecule has 0 spiro atoms. The van der Waals surface area contributed by atoms with E-state index in [1.165, 1.54) is 23.8 Å². The maximum atomic E-state index is 14.1. The van der Waals surface area contributed by atoms with Gasteiger partial charge in [0.2, 0.25) is 5.43 Å². The minimum Gasteiger partial charge on any atom is -0.503 e. The van der Waals surface area contributed by atoms with Gasteiger partial charge in [-0.05, 0) is 37.7 Å². The highest BCUT2D eigenvalue weighted by Gasteiger charge is 2.63. The van der Waals surface area contributed by atoms with Gasteiger partial charge in [0.15, 0.2) is 17.7 Å². The summed E-state index contributed by atoms with van der Waals surface area (Å²) < 4.78 is 34.8. The molecule has 2 bridgehead atoms. The number of pyridine rings is 1. The molecule has 33 heavy (non-hydrogen) atoms. The number of fused-ring (bicyclic) bond motifs is 8. The molecule has 2 aromatic rings. The third kappa shape index (κ3) is 2.93. The molecule has 1 aromatic carbocycles. The summed E-state index contributed by atoms with van der Waals surface area (Å²) in [6, 6.07) is 2.15. The smallest absolute Gasteiger partial charge is 0.276 e. The summed E-state index contributed by atoms with van der Waals surface area (Å²) >= 11 is 0. The standard InChI is InChI=1S/C23H21F2N3O5/c1-9(11-3-2-10(24)4-15(11)25)26-22(31)14-7-27-8-18-28(23(32)19(27)21(30)20(14)29)16-6-17(33-18)13-5-12(13)16/h2-4,7,9,12-13,16-18,30H,5-6,8H2,1H3,(H,26,31)/t9-,12-,13+,16-,17+,18-/m1/s1. The highest BCUT2D eigenvalue weighted by molar-refractivity contribution is 5.99. The van der Waals surface area contributed by atoms with Crippen LogP contribution in [0.1, 0.15) is 52.2 Å². The number of aromatic nitrogens is 1. The average Bonchev–Trinajstić information content (AvgIpc) is 3.51. The van der Waals surface area contributed by atoms with Gasteiger partial charge in [0.1, 0.15) is 17.2 Å². The Kier molecular flexibility index (Phi) is 4.23. The molecule has 2 amide bonds. The molecule has 10 heteroatoms. The number of amides is 2. The fourth-order valence-electron chi connectivity index (χ4n) is 5.74. The summed E-state index contributed by atoms with van der Waals surface area (Å²) in [4.78, 5) is 40.5. The zero-order valence-corrected chi connectivity index (χ0v) is 17.6. The van der Waals surface area contributed by atoms with Crippen molar-refractivity contribution in [1.82, 2.24) is 14.8 Å². The largest absolute Gasteiger partial charge is 0.503 e. The lowest BCUT2D eigenvalue weighted by atomic mass is 10.0. The zero-order chi connectivity index (χ0) is 23.2. The molecule has 8 nitrogen and oxygen atoms in total. The zero-order valence-electron chi connectivity index (χ0n) is 17.6. The van der Waals surface area contributed by atoms with E-state index in [0.29, 0.717) is 17.9 Å². The van der Waals surface area contributed by atoms with Crippen molar-refractivity contribution in [1.29, 1.82) is 0 Å². The van der Waals surface area contributed by atoms with E-state index in [9.17, 15) is 28.3 Å². The Labute approximate surface area is 186 Å². The van der Waals surface area contributed by atoms with E-state index in [4.69, 9.17) is 4.74 Å². The summed E-state index contributed by atoms with van der Waals surface area (Å²) in [7, 11) is 0. The maximum absolute atomic E-state index is 14.1. The molecule has 6 atom stereocenters. The highest BCUT2D eigenvalue weighted by atomic mass is 19.1. The molecule has 3 heterocycles. The summed E-state index contributed by atoms with van der Waals surface area (Å²) in [6.45, 7) is 1.67. The fraction of sp³-hybridized carbons (Fsp3) is 0.435. The topological polar surface area (TPSA) is 101 Å². The van der Waals surface area contributed by atoms with Crippen molar-refractivity contribution in [2.45, 2.75) is 50.7 Å². The lowest BCUT2D eigenvalue weighted by molar-refractivity contribution is -0.144. The van der Waals surface area contributed by atoms with E-state index in [2.05, 4.69) is 5.32 Å². The normalized spacial score (nSPS) is 29.7. The van der Waals surface area contributed by atoms with Crippen molar-refractivity contribution in [2.24, 2.45) is 11.8 Å². The maximum Gasteiger partial charge on any atom is 0.276 e. The number of nitrogens with zero attached hydrogens (tertiary/aromatic N) is 2. The molecule has 2 aliphatic carbocycles. The van der Waals surface area contributed by atoms with Crippen LogP contribution in [0.25, 0.3) is 0 Å². The number of nitrogens with one attached hydrogen (secondary N) is 1. The Balaban J connectivity index is 1.31. The van der Waals surface area contributed by atoms with Crippen LogP contribution >= 0.6 is 0 Å². The second-order valence-corrected chi connectivity index (χ2v) is 9.29. The van der Waals surface area contributed by atoms with Crippen molar-refractivity contribution in [3.8, 4) is 5.75 Å². The van der Waals surface area contributed by atoms with Gasteiger partial charge in [0.25, 0.3) is 11.8 Å². The molecule has 6 rings (SSSR count). The van der Waals surface area contributed by atoms with Gasteiger partial charge in [-0.2, -0.15) is 0 Å². The number of ether oxygens (including phenoxy) is 1. The van der Waals surface area contributed by atoms with Crippen LogP contribution in [0.5, 0.6) is 5.75 Å². The second kappa shape index (κ2) is 6.86. The van der Waals surface area contributed by atoms with Gasteiger partial charge in [-0.3, -0.25) is 14.4 Å². The van der Waals surface area contributed by atoms with Gasteiger partial charge < -0.3 is 24.6 Å². The molecule has 1 saturated heterocycles. The van der Waals surface area contributed by atoms with Crippen LogP contribution in [-0.2, 0) is 11.3 Å². The van der Waals surface area contributed by atoms with E-state index < -0.39 is 46.9 Å². The molecule has 2 aliphatic heterocycles. The Bertz CT molecular complexity index is 1280. The number of hydrogen-bond acceptors (Lipinski definition) is 5. The third-order valence-electron chi connectivity index (χ3n) is 7.40. The van der Waals surface area contributed by atoms with Gasteiger partial charge in [-0.1, -0.05) is 6.07 Å². The molecule has 2 saturated carbocycles. The van der Waals surface area contributed by atoms with Gasteiger partial charge in [-0.15, -0.1) is 0 Å². The molecule has 0 radical (unpaired) electrons. The van der Waals surface area contributed by atoms with Crippen LogP contribution in [0.2, 0.25) is 0 Å². The third-order valence-corrected chi connectivity index (χ3v) is 7.40. The molecular formula is C23H21F2N3O5. The van der Waals surface area contributed by atoms with Crippen molar-refractivity contribution in [3.05, 3.63) is 63.1 Å². The highest BCUT2D eigenvalue weighted by Crippen LogP contribution is 2.58. The number of hydrogen-bond donors (Lipinski definition) is 2. The van der Waals surface area contributed by atoms with Crippen LogP contribution < -0.4 is 10.7 Å². The monoisotopic (exact) mass is 457 g/mol. The predicted octanol–water partition coefficient (Wildman–Crippen LogP) is 1.91. The van der Waals surface area contributed by atoms with E-state index in [-0.39, 0.29) is 35.5 Å². The number of carbonyl (C=O) groups excluding carboxylic acids is 2. The Morgan fingerprint density at radius 3 is 2.79 bits per heavy atom. The van der Waals surface area contributed by atoms with Gasteiger partial charge in [0.05, 0.1) is 18.7 Å². The van der Waals surface area contributed by atoms with Crippen molar-refractivity contribution < 1.29 is 28.2 Å². The Morgan fingerprint density at radius 2 is 2.03 bits per heavy atom. The first-order valence-electron chi connectivity index (χ1n) is 10.9. The van der Waals surface area contributed by atoms with Crippen LogP contribution in [0.4, 0.5) is 8.78 Å². The minimum absolute atomic E-state index is 0.0440. The average molecular weight is 457 g/mol. The SMILES string of the molecule is C[C@@H](NC(=O)c1cn2c(c(O)c1=O)C(=O)N1[C@@H]3C[C@H](O[C@@H]1C2)[C@H]1C[C@H]13)c1ccc(F)cc1F. The molecule has 1 aromatic heterocycles. The van der Waals surface area contributed by atoms with Gasteiger partial charge in [0, 0.05) is 23.9 Å². The van der Waals surface area contributed by atoms with E-state index >= 15 is 0 Å². The summed E-state index contributed by atoms with van der Waals surface area (Å²) in [5, 5.41) is 13.1. The molecule has 2 N–H and O–H groups in total. The molecule has 3 fully saturated rings. The first-order chi connectivity index (χ1) is 15.7. The van der Waals surface area contributed by atoms with Crippen LogP contribution in [-0.4, -0.2) is 44.8 Å². The van der Waals surface area contributed by atoms with Gasteiger partial charge in [-0.25, -0.2) is 8.78 Å². The molecular weight excluding hydrogens is 436 g/mol. The predicted molar refractivity (Wildman–Crippen MR) is 109 cm³/mol. The van der Waals surface area contributed by atoms with E-state index in [1.54, 1.807) is 4.90 Å². The van der Waals surface area contributed by atoms with Crippen LogP contribution in [0.15, 0.2) is 29.2 Å². The number of rotatable bonds is 3. The number of carbonyl (C=O) groups is 2. The molecule has 4 aliphatic rings. The lowest BCUT2D eigenvalue weighted by Gasteiger charge is -2.45. The van der Waals surface area contributed by atoms with Crippen LogP contribution in [0.3, 0.4) is 0 Å².